The Bertz CT molecular complexity index is 637. The Labute approximate surface area is 145 Å². The lowest BCUT2D eigenvalue weighted by atomic mass is 9.83. The summed E-state index contributed by atoms with van der Waals surface area (Å²) in [6.07, 6.45) is 4.26. The Hall–Kier alpha value is -1.68. The molecule has 1 aliphatic carbocycles. The third-order valence-electron chi connectivity index (χ3n) is 5.37. The number of amides is 1. The molecule has 132 valence electrons. The van der Waals surface area contributed by atoms with Crippen LogP contribution in [0.1, 0.15) is 65.2 Å². The van der Waals surface area contributed by atoms with Crippen LogP contribution in [0.25, 0.3) is 0 Å². The highest BCUT2D eigenvalue weighted by molar-refractivity contribution is 5.97. The van der Waals surface area contributed by atoms with Crippen molar-refractivity contribution in [2.75, 3.05) is 7.05 Å². The molecule has 0 heterocycles. The van der Waals surface area contributed by atoms with Crippen molar-refractivity contribution in [3.05, 3.63) is 33.9 Å². The lowest BCUT2D eigenvalue weighted by molar-refractivity contribution is -0.126. The summed E-state index contributed by atoms with van der Waals surface area (Å²) in [5.41, 5.74) is 5.34. The zero-order valence-electron chi connectivity index (χ0n) is 15.6. The summed E-state index contributed by atoms with van der Waals surface area (Å²) in [6, 6.07) is 2.30. The summed E-state index contributed by atoms with van der Waals surface area (Å²) < 4.78 is 0. The van der Waals surface area contributed by atoms with Crippen LogP contribution in [-0.2, 0) is 11.3 Å². The van der Waals surface area contributed by atoms with Crippen LogP contribution in [0.2, 0.25) is 0 Å². The molecule has 0 bridgehead atoms. The molecule has 1 aromatic rings. The SMILES string of the molecule is CNC(=O)[C@H]1CCCC[C@H]1NCc1c(C)cc(C)c(C(C)=O)c1C. The number of carbonyl (C=O) groups is 2. The molecule has 1 amide bonds. The fourth-order valence-electron chi connectivity index (χ4n) is 4.15. The van der Waals surface area contributed by atoms with Crippen molar-refractivity contribution in [3.8, 4) is 0 Å². The number of hydrogen-bond acceptors (Lipinski definition) is 3. The van der Waals surface area contributed by atoms with Gasteiger partial charge in [0.25, 0.3) is 0 Å². The molecular weight excluding hydrogens is 300 g/mol. The normalized spacial score (nSPS) is 20.7. The number of benzene rings is 1. The van der Waals surface area contributed by atoms with Gasteiger partial charge in [-0.3, -0.25) is 9.59 Å². The highest BCUT2D eigenvalue weighted by atomic mass is 16.1. The molecule has 0 radical (unpaired) electrons. The molecule has 2 atom stereocenters. The van der Waals surface area contributed by atoms with Crippen LogP contribution >= 0.6 is 0 Å². The Morgan fingerprint density at radius 2 is 1.79 bits per heavy atom. The minimum absolute atomic E-state index is 0.0436. The van der Waals surface area contributed by atoms with Gasteiger partial charge < -0.3 is 10.6 Å². The molecule has 2 N–H and O–H groups in total. The second-order valence-electron chi connectivity index (χ2n) is 7.04. The van der Waals surface area contributed by atoms with Gasteiger partial charge in [0.15, 0.2) is 5.78 Å². The Morgan fingerprint density at radius 1 is 1.12 bits per heavy atom. The first-order valence-electron chi connectivity index (χ1n) is 8.92. The summed E-state index contributed by atoms with van der Waals surface area (Å²) in [5.74, 6) is 0.295. The van der Waals surface area contributed by atoms with Gasteiger partial charge in [0, 0.05) is 25.2 Å². The van der Waals surface area contributed by atoms with Gasteiger partial charge in [-0.25, -0.2) is 0 Å². The van der Waals surface area contributed by atoms with E-state index in [4.69, 9.17) is 0 Å². The summed E-state index contributed by atoms with van der Waals surface area (Å²) in [6.45, 7) is 8.46. The van der Waals surface area contributed by atoms with E-state index in [1.807, 2.05) is 13.8 Å². The van der Waals surface area contributed by atoms with Gasteiger partial charge >= 0.3 is 0 Å². The van der Waals surface area contributed by atoms with Gasteiger partial charge in [-0.15, -0.1) is 0 Å². The molecule has 0 saturated heterocycles. The van der Waals surface area contributed by atoms with Crippen LogP contribution in [0.3, 0.4) is 0 Å². The average molecular weight is 330 g/mol. The Morgan fingerprint density at radius 3 is 2.42 bits per heavy atom. The molecule has 1 aromatic carbocycles. The van der Waals surface area contributed by atoms with Crippen LogP contribution in [0, 0.1) is 26.7 Å². The second-order valence-corrected chi connectivity index (χ2v) is 7.04. The van der Waals surface area contributed by atoms with Crippen LogP contribution in [-0.4, -0.2) is 24.8 Å². The van der Waals surface area contributed by atoms with E-state index in [0.29, 0.717) is 6.54 Å². The molecule has 24 heavy (non-hydrogen) atoms. The van der Waals surface area contributed by atoms with E-state index >= 15 is 0 Å². The van der Waals surface area contributed by atoms with Crippen molar-refractivity contribution in [1.82, 2.24) is 10.6 Å². The van der Waals surface area contributed by atoms with Gasteiger partial charge in [-0.1, -0.05) is 18.9 Å². The summed E-state index contributed by atoms with van der Waals surface area (Å²) in [7, 11) is 1.71. The molecule has 0 unspecified atom stereocenters. The van der Waals surface area contributed by atoms with Crippen molar-refractivity contribution in [2.24, 2.45) is 5.92 Å². The fraction of sp³-hybridized carbons (Fsp3) is 0.600. The monoisotopic (exact) mass is 330 g/mol. The van der Waals surface area contributed by atoms with Crippen molar-refractivity contribution in [2.45, 2.75) is 66.0 Å². The first-order valence-corrected chi connectivity index (χ1v) is 8.92. The number of ketones is 1. The molecular formula is C20H30N2O2. The van der Waals surface area contributed by atoms with Crippen LogP contribution in [0.15, 0.2) is 6.07 Å². The van der Waals surface area contributed by atoms with E-state index in [2.05, 4.69) is 23.6 Å². The van der Waals surface area contributed by atoms with Gasteiger partial charge in [0.1, 0.15) is 0 Å². The first kappa shape index (κ1) is 18.7. The van der Waals surface area contributed by atoms with E-state index < -0.39 is 0 Å². The minimum Gasteiger partial charge on any atom is -0.359 e. The smallest absolute Gasteiger partial charge is 0.224 e. The van der Waals surface area contributed by atoms with Crippen molar-refractivity contribution in [1.29, 1.82) is 0 Å². The van der Waals surface area contributed by atoms with E-state index in [-0.39, 0.29) is 23.7 Å². The predicted molar refractivity (Wildman–Crippen MR) is 97.3 cm³/mol. The maximum Gasteiger partial charge on any atom is 0.224 e. The quantitative estimate of drug-likeness (QED) is 0.815. The van der Waals surface area contributed by atoms with Gasteiger partial charge in [0.05, 0.1) is 5.92 Å². The lowest BCUT2D eigenvalue weighted by Crippen LogP contribution is -2.45. The average Bonchev–Trinajstić information content (AvgIpc) is 2.53. The topological polar surface area (TPSA) is 58.2 Å². The number of aryl methyl sites for hydroxylation is 2. The molecule has 2 rings (SSSR count). The predicted octanol–water partition coefficient (Wildman–Crippen LogP) is 3.21. The third-order valence-corrected chi connectivity index (χ3v) is 5.37. The van der Waals surface area contributed by atoms with E-state index in [1.54, 1.807) is 14.0 Å². The molecule has 1 saturated carbocycles. The number of carbonyl (C=O) groups excluding carboxylic acids is 2. The third kappa shape index (κ3) is 3.86. The summed E-state index contributed by atoms with van der Waals surface area (Å²) in [4.78, 5) is 24.1. The van der Waals surface area contributed by atoms with Crippen molar-refractivity contribution in [3.63, 3.8) is 0 Å². The Balaban J connectivity index is 2.20. The largest absolute Gasteiger partial charge is 0.359 e. The first-order chi connectivity index (χ1) is 11.4. The minimum atomic E-state index is 0.0436. The van der Waals surface area contributed by atoms with Gasteiger partial charge in [-0.2, -0.15) is 0 Å². The molecule has 0 aliphatic heterocycles. The molecule has 1 aliphatic rings. The summed E-state index contributed by atoms with van der Waals surface area (Å²) >= 11 is 0. The number of Topliss-reactive ketones (excluding diaryl/α,β-unsaturated/α-hetero) is 1. The molecule has 1 fully saturated rings. The molecule has 4 nitrogen and oxygen atoms in total. The van der Waals surface area contributed by atoms with E-state index in [0.717, 1.165) is 42.4 Å². The maximum absolute atomic E-state index is 12.1. The van der Waals surface area contributed by atoms with Crippen molar-refractivity contribution >= 4 is 11.7 Å². The standard InChI is InChI=1S/C20H30N2O2/c1-12-10-13(2)19(15(4)23)14(3)17(12)11-22-18-9-7-6-8-16(18)20(24)21-5/h10,16,18,22H,6-9,11H2,1-5H3,(H,21,24)/t16-,18+/m0/s1. The molecule has 0 aromatic heterocycles. The highest BCUT2D eigenvalue weighted by Crippen LogP contribution is 2.27. The van der Waals surface area contributed by atoms with Gasteiger partial charge in [0.2, 0.25) is 5.91 Å². The second kappa shape index (κ2) is 7.93. The molecule has 4 heteroatoms. The number of hydrogen-bond donors (Lipinski definition) is 2. The molecule has 0 spiro atoms. The fourth-order valence-corrected chi connectivity index (χ4v) is 4.15. The van der Waals surface area contributed by atoms with Crippen LogP contribution in [0.4, 0.5) is 0 Å². The number of nitrogens with one attached hydrogen (secondary N) is 2. The van der Waals surface area contributed by atoms with Crippen LogP contribution < -0.4 is 10.6 Å². The van der Waals surface area contributed by atoms with E-state index in [9.17, 15) is 9.59 Å². The van der Waals surface area contributed by atoms with Crippen molar-refractivity contribution < 1.29 is 9.59 Å². The van der Waals surface area contributed by atoms with Crippen LogP contribution in [0.5, 0.6) is 0 Å². The highest BCUT2D eigenvalue weighted by Gasteiger charge is 2.30. The van der Waals surface area contributed by atoms with Gasteiger partial charge in [-0.05, 0) is 62.8 Å². The zero-order chi connectivity index (χ0) is 17.9. The number of rotatable bonds is 5. The zero-order valence-corrected chi connectivity index (χ0v) is 15.6. The summed E-state index contributed by atoms with van der Waals surface area (Å²) in [5, 5.41) is 6.39. The maximum atomic E-state index is 12.1. The van der Waals surface area contributed by atoms with E-state index in [1.165, 1.54) is 11.1 Å². The Kier molecular flexibility index (Phi) is 6.16. The lowest BCUT2D eigenvalue weighted by Gasteiger charge is -2.31.